The highest BCUT2D eigenvalue weighted by atomic mass is 17.2. The zero-order valence-corrected chi connectivity index (χ0v) is 21.8. The monoisotopic (exact) mass is 470 g/mol. The van der Waals surface area contributed by atoms with Gasteiger partial charge in [-0.1, -0.05) is 58.3 Å². The SMILES string of the molecule is CCCCCCCCCCC1CC(=O)N(OC(=N)OC(C)CC(C)(C)OOC(C)(C)C)C1=O. The molecule has 1 N–H and O–H groups in total. The second kappa shape index (κ2) is 13.9. The molecule has 0 aromatic rings. The fourth-order valence-electron chi connectivity index (χ4n) is 3.81. The Hall–Kier alpha value is -1.67. The standard InChI is InChI=1S/C25H46N2O6/c1-8-9-10-11-12-13-14-15-16-20-17-21(28)27(22(20)29)31-23(26)30-19(2)18-25(6,7)33-32-24(3,4)5/h19-20,26H,8-18H2,1-7H3. The van der Waals surface area contributed by atoms with E-state index >= 15 is 0 Å². The summed E-state index contributed by atoms with van der Waals surface area (Å²) in [5.41, 5.74) is -1.10. The van der Waals surface area contributed by atoms with Gasteiger partial charge in [-0.25, -0.2) is 15.2 Å². The van der Waals surface area contributed by atoms with Gasteiger partial charge >= 0.3 is 6.08 Å². The molecule has 1 aliphatic heterocycles. The van der Waals surface area contributed by atoms with Crippen molar-refractivity contribution >= 4 is 17.9 Å². The van der Waals surface area contributed by atoms with Crippen molar-refractivity contribution in [2.75, 3.05) is 0 Å². The Bertz CT molecular complexity index is 629. The van der Waals surface area contributed by atoms with E-state index in [-0.39, 0.29) is 18.2 Å². The van der Waals surface area contributed by atoms with E-state index in [1.807, 2.05) is 34.6 Å². The van der Waals surface area contributed by atoms with Gasteiger partial charge in [0.15, 0.2) is 0 Å². The maximum absolute atomic E-state index is 12.6. The van der Waals surface area contributed by atoms with Gasteiger partial charge in [-0.3, -0.25) is 9.59 Å². The molecule has 2 amide bonds. The third-order valence-corrected chi connectivity index (χ3v) is 5.38. The summed E-state index contributed by atoms with van der Waals surface area (Å²) in [6, 6.07) is 0. The van der Waals surface area contributed by atoms with Crippen LogP contribution in [0.25, 0.3) is 0 Å². The molecule has 0 saturated carbocycles. The number of nitrogens with one attached hydrogen (secondary N) is 1. The molecule has 1 fully saturated rings. The van der Waals surface area contributed by atoms with Gasteiger partial charge in [0.25, 0.3) is 11.8 Å². The van der Waals surface area contributed by atoms with E-state index in [0.29, 0.717) is 17.9 Å². The van der Waals surface area contributed by atoms with Crippen LogP contribution in [0.2, 0.25) is 0 Å². The predicted octanol–water partition coefficient (Wildman–Crippen LogP) is 6.08. The first-order chi connectivity index (χ1) is 15.3. The average Bonchev–Trinajstić information content (AvgIpc) is 2.95. The van der Waals surface area contributed by atoms with Crippen molar-refractivity contribution in [3.05, 3.63) is 0 Å². The van der Waals surface area contributed by atoms with E-state index in [1.54, 1.807) is 6.92 Å². The summed E-state index contributed by atoms with van der Waals surface area (Å²) in [6.07, 6.45) is 9.66. The molecule has 0 radical (unpaired) electrons. The third-order valence-electron chi connectivity index (χ3n) is 5.38. The number of amides is 2. The Morgan fingerprint density at radius 1 is 1.00 bits per heavy atom. The fraction of sp³-hybridized carbons (Fsp3) is 0.880. The first-order valence-corrected chi connectivity index (χ1v) is 12.5. The van der Waals surface area contributed by atoms with Crippen LogP contribution in [0.3, 0.4) is 0 Å². The van der Waals surface area contributed by atoms with E-state index in [9.17, 15) is 9.59 Å². The number of hydrogen-bond donors (Lipinski definition) is 1. The lowest BCUT2D eigenvalue weighted by molar-refractivity contribution is -0.399. The number of rotatable bonds is 15. The van der Waals surface area contributed by atoms with Gasteiger partial charge in [0, 0.05) is 12.8 Å². The molecule has 192 valence electrons. The summed E-state index contributed by atoms with van der Waals surface area (Å²) in [4.78, 5) is 40.9. The lowest BCUT2D eigenvalue weighted by atomic mass is 9.99. The van der Waals surface area contributed by atoms with Gasteiger partial charge in [-0.2, -0.15) is 0 Å². The molecule has 0 spiro atoms. The normalized spacial score (nSPS) is 18.0. The zero-order chi connectivity index (χ0) is 25.1. The number of hydrogen-bond acceptors (Lipinski definition) is 7. The van der Waals surface area contributed by atoms with Crippen molar-refractivity contribution in [3.8, 4) is 0 Å². The highest BCUT2D eigenvalue weighted by Crippen LogP contribution is 2.26. The number of hydroxylamine groups is 2. The summed E-state index contributed by atoms with van der Waals surface area (Å²) in [5, 5.41) is 8.63. The van der Waals surface area contributed by atoms with Crippen LogP contribution in [0.4, 0.5) is 0 Å². The van der Waals surface area contributed by atoms with Crippen LogP contribution in [0.15, 0.2) is 0 Å². The molecule has 8 heteroatoms. The summed E-state index contributed by atoms with van der Waals surface area (Å²) in [6.45, 7) is 13.3. The van der Waals surface area contributed by atoms with Gasteiger partial charge in [-0.05, 0) is 48.0 Å². The summed E-state index contributed by atoms with van der Waals surface area (Å²) < 4.78 is 5.44. The number of nitrogens with zero attached hydrogens (tertiary/aromatic N) is 1. The zero-order valence-electron chi connectivity index (χ0n) is 21.8. The maximum Gasteiger partial charge on any atom is 0.406 e. The summed E-state index contributed by atoms with van der Waals surface area (Å²) in [5.74, 6) is -1.18. The van der Waals surface area contributed by atoms with Crippen LogP contribution in [-0.2, 0) is 28.9 Å². The van der Waals surface area contributed by atoms with Crippen molar-refractivity contribution in [2.45, 2.75) is 136 Å². The predicted molar refractivity (Wildman–Crippen MR) is 127 cm³/mol. The Kier molecular flexibility index (Phi) is 12.4. The number of imide groups is 1. The van der Waals surface area contributed by atoms with Crippen molar-refractivity contribution < 1.29 is 28.9 Å². The highest BCUT2D eigenvalue weighted by molar-refractivity contribution is 6.03. The number of carbonyl (C=O) groups excluding carboxylic acids is 2. The largest absolute Gasteiger partial charge is 0.446 e. The van der Waals surface area contributed by atoms with Crippen LogP contribution >= 0.6 is 0 Å². The maximum atomic E-state index is 12.6. The molecular formula is C25H46N2O6. The molecule has 0 aromatic heterocycles. The van der Waals surface area contributed by atoms with Crippen LogP contribution in [-0.4, -0.2) is 40.3 Å². The summed E-state index contributed by atoms with van der Waals surface area (Å²) in [7, 11) is 0. The van der Waals surface area contributed by atoms with Gasteiger partial charge < -0.3 is 9.57 Å². The van der Waals surface area contributed by atoms with Crippen molar-refractivity contribution in [1.82, 2.24) is 5.06 Å². The van der Waals surface area contributed by atoms with Crippen molar-refractivity contribution in [1.29, 1.82) is 5.41 Å². The van der Waals surface area contributed by atoms with E-state index in [4.69, 9.17) is 24.8 Å². The molecule has 0 aliphatic carbocycles. The Labute approximate surface area is 200 Å². The summed E-state index contributed by atoms with van der Waals surface area (Å²) >= 11 is 0. The molecule has 1 saturated heterocycles. The Morgan fingerprint density at radius 3 is 2.15 bits per heavy atom. The van der Waals surface area contributed by atoms with Crippen LogP contribution in [0, 0.1) is 11.3 Å². The fourth-order valence-corrected chi connectivity index (χ4v) is 3.81. The highest BCUT2D eigenvalue weighted by Gasteiger charge is 2.41. The molecule has 1 heterocycles. The number of ether oxygens (including phenoxy) is 1. The smallest absolute Gasteiger partial charge is 0.406 e. The van der Waals surface area contributed by atoms with Crippen LogP contribution in [0.1, 0.15) is 119 Å². The minimum atomic E-state index is -0.659. The Morgan fingerprint density at radius 2 is 1.58 bits per heavy atom. The minimum Gasteiger partial charge on any atom is -0.446 e. The molecule has 0 aromatic carbocycles. The topological polar surface area (TPSA) is 98.2 Å². The average molecular weight is 471 g/mol. The molecule has 1 aliphatic rings. The molecule has 2 unspecified atom stereocenters. The van der Waals surface area contributed by atoms with E-state index in [0.717, 1.165) is 19.3 Å². The lowest BCUT2D eigenvalue weighted by Crippen LogP contribution is -2.37. The van der Waals surface area contributed by atoms with Crippen molar-refractivity contribution in [2.24, 2.45) is 5.92 Å². The Balaban J connectivity index is 2.35. The molecule has 0 bridgehead atoms. The number of unbranched alkanes of at least 4 members (excludes halogenated alkanes) is 7. The quantitative estimate of drug-likeness (QED) is 0.0778. The van der Waals surface area contributed by atoms with Gasteiger partial charge in [0.2, 0.25) is 0 Å². The molecule has 1 rings (SSSR count). The first-order valence-electron chi connectivity index (χ1n) is 12.5. The van der Waals surface area contributed by atoms with Gasteiger partial charge in [0.05, 0.1) is 11.5 Å². The van der Waals surface area contributed by atoms with Gasteiger partial charge in [-0.15, -0.1) is 5.06 Å². The van der Waals surface area contributed by atoms with Gasteiger partial charge in [0.1, 0.15) is 11.7 Å². The van der Waals surface area contributed by atoms with E-state index < -0.39 is 29.3 Å². The molecular weight excluding hydrogens is 424 g/mol. The second-order valence-electron chi connectivity index (χ2n) is 10.7. The van der Waals surface area contributed by atoms with Crippen LogP contribution < -0.4 is 0 Å². The third kappa shape index (κ3) is 12.4. The number of carbonyl (C=O) groups is 2. The second-order valence-corrected chi connectivity index (χ2v) is 10.7. The van der Waals surface area contributed by atoms with Crippen LogP contribution in [0.5, 0.6) is 0 Å². The molecule has 33 heavy (non-hydrogen) atoms. The lowest BCUT2D eigenvalue weighted by Gasteiger charge is -2.30. The minimum absolute atomic E-state index is 0.128. The first kappa shape index (κ1) is 29.4. The van der Waals surface area contributed by atoms with E-state index in [2.05, 4.69) is 6.92 Å². The van der Waals surface area contributed by atoms with E-state index in [1.165, 1.54) is 32.1 Å². The molecule has 8 nitrogen and oxygen atoms in total. The van der Waals surface area contributed by atoms with Crippen molar-refractivity contribution in [3.63, 3.8) is 0 Å². The molecule has 2 atom stereocenters.